The number of morpholine rings is 1. The number of carbonyl (C=O) groups excluding carboxylic acids is 3. The summed E-state index contributed by atoms with van der Waals surface area (Å²) in [5, 5.41) is 8.76. The molecule has 4 atom stereocenters. The molecule has 11 nitrogen and oxygen atoms in total. The molecule has 250 valence electrons. The Hall–Kier alpha value is -4.26. The summed E-state index contributed by atoms with van der Waals surface area (Å²) in [7, 11) is 1.30. The first-order valence-electron chi connectivity index (χ1n) is 16.3. The van der Waals surface area contributed by atoms with Crippen molar-refractivity contribution in [2.75, 3.05) is 53.0 Å². The average Bonchev–Trinajstić information content (AvgIpc) is 3.84. The molecule has 4 heterocycles. The molecule has 3 saturated heterocycles. The lowest BCUT2D eigenvalue weighted by molar-refractivity contribution is -0.123. The number of aromatic nitrogens is 1. The average molecular weight is 647 g/mol. The Balaban J connectivity index is 1.05. The van der Waals surface area contributed by atoms with Gasteiger partial charge >= 0.3 is 6.09 Å². The number of H-pyrrole nitrogens is 1. The van der Waals surface area contributed by atoms with E-state index >= 15 is 0 Å². The highest BCUT2D eigenvalue weighted by atomic mass is 19.1. The van der Waals surface area contributed by atoms with Gasteiger partial charge in [0.2, 0.25) is 5.91 Å². The predicted octanol–water partition coefficient (Wildman–Crippen LogP) is 3.24. The highest BCUT2D eigenvalue weighted by Crippen LogP contribution is 2.27. The first kappa shape index (κ1) is 32.7. The number of aryl methyl sites for hydroxylation is 1. The Kier molecular flexibility index (Phi) is 10.2. The van der Waals surface area contributed by atoms with Crippen LogP contribution >= 0.6 is 0 Å². The molecule has 47 heavy (non-hydrogen) atoms. The zero-order valence-corrected chi connectivity index (χ0v) is 26.9. The van der Waals surface area contributed by atoms with E-state index in [1.807, 2.05) is 31.2 Å². The minimum absolute atomic E-state index is 0.131. The second-order valence-corrected chi connectivity index (χ2v) is 12.6. The number of methoxy groups -OCH3 is 1. The largest absolute Gasteiger partial charge is 0.453 e. The Bertz CT molecular complexity index is 1570. The highest BCUT2D eigenvalue weighted by molar-refractivity contribution is 5.96. The van der Waals surface area contributed by atoms with Gasteiger partial charge in [0.15, 0.2) is 0 Å². The van der Waals surface area contributed by atoms with E-state index in [2.05, 4.69) is 56.2 Å². The van der Waals surface area contributed by atoms with E-state index in [1.54, 1.807) is 0 Å². The van der Waals surface area contributed by atoms with Gasteiger partial charge in [-0.25, -0.2) is 9.18 Å². The van der Waals surface area contributed by atoms with Gasteiger partial charge in [-0.15, -0.1) is 0 Å². The lowest BCUT2D eigenvalue weighted by Crippen LogP contribution is -2.46. The van der Waals surface area contributed by atoms with E-state index in [0.29, 0.717) is 12.0 Å². The van der Waals surface area contributed by atoms with Crippen LogP contribution in [0.25, 0.3) is 22.5 Å². The first-order chi connectivity index (χ1) is 22.8. The molecule has 3 fully saturated rings. The van der Waals surface area contributed by atoms with Crippen LogP contribution in [0.5, 0.6) is 0 Å². The molecular formula is C35H43FN6O5. The monoisotopic (exact) mass is 646 g/mol. The normalized spacial score (nSPS) is 23.1. The number of halogens is 1. The molecule has 3 aliphatic rings. The Morgan fingerprint density at radius 3 is 2.40 bits per heavy atom. The van der Waals surface area contributed by atoms with Gasteiger partial charge in [-0.05, 0) is 59.9 Å². The van der Waals surface area contributed by atoms with Gasteiger partial charge in [0.05, 0.1) is 32.4 Å². The SMILES string of the molecule is COC(=O)N1C[C@H](NC(=O)[C@@H]2C[C@H](F)CN2)C[C@@H]1CNC(=O)c1ccc(-c2ccc(-c3ccc(CN4CCOCC4)cc3)[nH]2)cc1C. The molecule has 0 spiro atoms. The third-order valence-electron chi connectivity index (χ3n) is 9.30. The summed E-state index contributed by atoms with van der Waals surface area (Å²) < 4.78 is 24.0. The number of alkyl halides is 1. The van der Waals surface area contributed by atoms with Crippen LogP contribution in [-0.4, -0.2) is 110 Å². The van der Waals surface area contributed by atoms with Crippen molar-refractivity contribution in [1.82, 2.24) is 30.7 Å². The van der Waals surface area contributed by atoms with Crippen molar-refractivity contribution in [3.8, 4) is 22.5 Å². The molecule has 2 aromatic carbocycles. The van der Waals surface area contributed by atoms with Crippen molar-refractivity contribution in [2.24, 2.45) is 0 Å². The molecule has 3 aromatic rings. The summed E-state index contributed by atoms with van der Waals surface area (Å²) >= 11 is 0. The van der Waals surface area contributed by atoms with Crippen molar-refractivity contribution in [2.45, 2.75) is 50.6 Å². The smallest absolute Gasteiger partial charge is 0.409 e. The van der Waals surface area contributed by atoms with E-state index in [4.69, 9.17) is 9.47 Å². The maximum atomic E-state index is 13.6. The number of aromatic amines is 1. The number of carbonyl (C=O) groups is 3. The van der Waals surface area contributed by atoms with Gasteiger partial charge in [0.1, 0.15) is 6.17 Å². The number of amides is 3. The minimum Gasteiger partial charge on any atom is -0.453 e. The maximum absolute atomic E-state index is 13.6. The third kappa shape index (κ3) is 7.83. The van der Waals surface area contributed by atoms with Crippen LogP contribution in [-0.2, 0) is 20.8 Å². The van der Waals surface area contributed by atoms with Crippen LogP contribution in [0, 0.1) is 6.92 Å². The molecule has 4 N–H and O–H groups in total. The van der Waals surface area contributed by atoms with E-state index in [1.165, 1.54) is 17.6 Å². The molecule has 3 amide bonds. The topological polar surface area (TPSA) is 128 Å². The number of rotatable bonds is 9. The van der Waals surface area contributed by atoms with Crippen LogP contribution in [0.4, 0.5) is 9.18 Å². The standard InChI is InChI=1S/C35H43FN6O5/c1-22-15-25(31-10-9-30(40-31)24-5-3-23(4-6-24)20-41-11-13-47-14-12-41)7-8-29(22)33(43)38-19-28-17-27(21-42(28)35(45)46-2)39-34(44)32-16-26(36)18-37-32/h3-10,15,26-28,32,37,40H,11-14,16-21H2,1-2H3,(H,38,43)(H,39,44)/t26-,27+,28+,32-/m0/s1. The Morgan fingerprint density at radius 1 is 1.00 bits per heavy atom. The number of benzene rings is 2. The van der Waals surface area contributed by atoms with Gasteiger partial charge in [-0.1, -0.05) is 30.3 Å². The summed E-state index contributed by atoms with van der Waals surface area (Å²) in [6.45, 7) is 6.91. The van der Waals surface area contributed by atoms with E-state index in [9.17, 15) is 18.8 Å². The Morgan fingerprint density at radius 2 is 1.72 bits per heavy atom. The van der Waals surface area contributed by atoms with Crippen LogP contribution < -0.4 is 16.0 Å². The van der Waals surface area contributed by atoms with Crippen molar-refractivity contribution in [3.63, 3.8) is 0 Å². The quantitative estimate of drug-likeness (QED) is 0.281. The van der Waals surface area contributed by atoms with Crippen LogP contribution in [0.1, 0.15) is 34.3 Å². The minimum atomic E-state index is -1.05. The van der Waals surface area contributed by atoms with Gasteiger partial charge in [-0.2, -0.15) is 0 Å². The fourth-order valence-electron chi connectivity index (χ4n) is 6.68. The molecule has 0 saturated carbocycles. The van der Waals surface area contributed by atoms with Gasteiger partial charge in [0, 0.05) is 68.7 Å². The zero-order valence-electron chi connectivity index (χ0n) is 26.9. The second kappa shape index (κ2) is 14.7. The number of nitrogens with zero attached hydrogens (tertiary/aromatic N) is 2. The molecular weight excluding hydrogens is 603 g/mol. The predicted molar refractivity (Wildman–Crippen MR) is 176 cm³/mol. The van der Waals surface area contributed by atoms with Crippen molar-refractivity contribution < 1.29 is 28.2 Å². The summed E-state index contributed by atoms with van der Waals surface area (Å²) in [6.07, 6.45) is -1.00. The maximum Gasteiger partial charge on any atom is 0.409 e. The number of likely N-dealkylation sites (tertiary alicyclic amines) is 1. The van der Waals surface area contributed by atoms with E-state index < -0.39 is 18.3 Å². The number of hydrogen-bond donors (Lipinski definition) is 4. The molecule has 0 bridgehead atoms. The lowest BCUT2D eigenvalue weighted by atomic mass is 10.0. The van der Waals surface area contributed by atoms with Crippen LogP contribution in [0.15, 0.2) is 54.6 Å². The highest BCUT2D eigenvalue weighted by Gasteiger charge is 2.38. The third-order valence-corrected chi connectivity index (χ3v) is 9.30. The van der Waals surface area contributed by atoms with Gasteiger partial charge < -0.3 is 35.3 Å². The van der Waals surface area contributed by atoms with Gasteiger partial charge in [0.25, 0.3) is 5.91 Å². The molecule has 3 aliphatic heterocycles. The number of hydrogen-bond acceptors (Lipinski definition) is 7. The van der Waals surface area contributed by atoms with Crippen molar-refractivity contribution in [3.05, 3.63) is 71.3 Å². The summed E-state index contributed by atoms with van der Waals surface area (Å²) in [6, 6.07) is 17.2. The fraction of sp³-hybridized carbons (Fsp3) is 0.457. The van der Waals surface area contributed by atoms with Crippen LogP contribution in [0.2, 0.25) is 0 Å². The second-order valence-electron chi connectivity index (χ2n) is 12.6. The van der Waals surface area contributed by atoms with Crippen molar-refractivity contribution in [1.29, 1.82) is 0 Å². The number of nitrogens with one attached hydrogen (secondary N) is 4. The fourth-order valence-corrected chi connectivity index (χ4v) is 6.68. The molecule has 12 heteroatoms. The van der Waals surface area contributed by atoms with E-state index in [-0.39, 0.29) is 50.0 Å². The molecule has 6 rings (SSSR count). The number of ether oxygens (including phenoxy) is 2. The van der Waals surface area contributed by atoms with E-state index in [0.717, 1.165) is 60.9 Å². The summed E-state index contributed by atoms with van der Waals surface area (Å²) in [4.78, 5) is 45.8. The summed E-state index contributed by atoms with van der Waals surface area (Å²) in [5.74, 6) is -0.535. The Labute approximate surface area is 274 Å². The van der Waals surface area contributed by atoms with Gasteiger partial charge in [-0.3, -0.25) is 14.5 Å². The molecule has 0 radical (unpaired) electrons. The summed E-state index contributed by atoms with van der Waals surface area (Å²) in [5.41, 5.74) is 6.68. The zero-order chi connectivity index (χ0) is 32.9. The molecule has 1 aromatic heterocycles. The van der Waals surface area contributed by atoms with Crippen molar-refractivity contribution >= 4 is 17.9 Å². The van der Waals surface area contributed by atoms with Crippen LogP contribution in [0.3, 0.4) is 0 Å². The lowest BCUT2D eigenvalue weighted by Gasteiger charge is -2.26. The first-order valence-corrected chi connectivity index (χ1v) is 16.3. The molecule has 0 aliphatic carbocycles. The molecule has 0 unspecified atom stereocenters.